The van der Waals surface area contributed by atoms with Crippen molar-refractivity contribution in [2.75, 3.05) is 0 Å². The minimum absolute atomic E-state index is 0.0755. The summed E-state index contributed by atoms with van der Waals surface area (Å²) in [5, 5.41) is 9.09. The highest BCUT2D eigenvalue weighted by Gasteiger charge is 2.38. The van der Waals surface area contributed by atoms with Crippen molar-refractivity contribution in [1.29, 1.82) is 0 Å². The molecular formula is C10H17ClO4. The first-order chi connectivity index (χ1) is 6.70. The van der Waals surface area contributed by atoms with Crippen molar-refractivity contribution in [3.63, 3.8) is 0 Å². The minimum Gasteiger partial charge on any atom is -0.393 e. The maximum atomic E-state index is 11.7. The number of carbonyl (C=O) groups excluding carboxylic acids is 2. The van der Waals surface area contributed by atoms with Gasteiger partial charge in [-0.25, -0.2) is 4.79 Å². The molecular weight excluding hydrogens is 220 g/mol. The predicted molar refractivity (Wildman–Crippen MR) is 56.2 cm³/mol. The third-order valence-electron chi connectivity index (χ3n) is 2.00. The Hall–Kier alpha value is -0.610. The van der Waals surface area contributed by atoms with Crippen LogP contribution in [-0.4, -0.2) is 23.0 Å². The number of hydrogen-bond acceptors (Lipinski definition) is 4. The van der Waals surface area contributed by atoms with Crippen molar-refractivity contribution in [3.05, 3.63) is 0 Å². The van der Waals surface area contributed by atoms with E-state index in [0.717, 1.165) is 0 Å². The monoisotopic (exact) mass is 236 g/mol. The van der Waals surface area contributed by atoms with E-state index in [2.05, 4.69) is 4.29 Å². The van der Waals surface area contributed by atoms with E-state index in [-0.39, 0.29) is 12.2 Å². The molecule has 0 rings (SSSR count). The lowest BCUT2D eigenvalue weighted by Crippen LogP contribution is -2.37. The quantitative estimate of drug-likeness (QED) is 0.755. The Morgan fingerprint density at radius 3 is 2.13 bits per heavy atom. The zero-order chi connectivity index (χ0) is 12.2. The van der Waals surface area contributed by atoms with Crippen LogP contribution in [0.2, 0.25) is 0 Å². The van der Waals surface area contributed by atoms with Crippen LogP contribution in [0.25, 0.3) is 0 Å². The van der Waals surface area contributed by atoms with Gasteiger partial charge in [-0.1, -0.05) is 20.8 Å². The minimum atomic E-state index is -0.940. The van der Waals surface area contributed by atoms with E-state index in [0.29, 0.717) is 0 Å². The molecule has 15 heavy (non-hydrogen) atoms. The number of carbonyl (C=O) groups is 2. The molecule has 0 aliphatic heterocycles. The molecule has 5 heteroatoms. The van der Waals surface area contributed by atoms with Crippen LogP contribution < -0.4 is 0 Å². The van der Waals surface area contributed by atoms with Crippen LogP contribution in [0.4, 0.5) is 0 Å². The Bertz CT molecular complexity index is 242. The second-order valence-electron chi connectivity index (χ2n) is 4.71. The van der Waals surface area contributed by atoms with Gasteiger partial charge in [0.1, 0.15) is 23.6 Å². The molecule has 0 aliphatic carbocycles. The van der Waals surface area contributed by atoms with Crippen LogP contribution in [-0.2, 0) is 13.9 Å². The summed E-state index contributed by atoms with van der Waals surface area (Å²) >= 11 is 4.97. The molecule has 0 bridgehead atoms. The molecule has 0 aromatic rings. The Kier molecular flexibility index (Phi) is 5.24. The topological polar surface area (TPSA) is 63.6 Å². The van der Waals surface area contributed by atoms with Crippen molar-refractivity contribution in [2.24, 2.45) is 11.3 Å². The molecule has 4 nitrogen and oxygen atoms in total. The first-order valence-corrected chi connectivity index (χ1v) is 5.04. The van der Waals surface area contributed by atoms with Gasteiger partial charge in [0.2, 0.25) is 0 Å². The number of hydrogen-bond donors (Lipinski definition) is 1. The Morgan fingerprint density at radius 1 is 1.40 bits per heavy atom. The van der Waals surface area contributed by atoms with E-state index in [1.165, 1.54) is 6.92 Å². The van der Waals surface area contributed by atoms with Gasteiger partial charge in [-0.3, -0.25) is 4.79 Å². The van der Waals surface area contributed by atoms with Gasteiger partial charge in [0, 0.05) is 6.42 Å². The van der Waals surface area contributed by atoms with Gasteiger partial charge < -0.3 is 9.40 Å². The van der Waals surface area contributed by atoms with E-state index < -0.39 is 23.4 Å². The highest BCUT2D eigenvalue weighted by molar-refractivity contribution is 6.16. The van der Waals surface area contributed by atoms with Gasteiger partial charge in [-0.2, -0.15) is 0 Å². The average Bonchev–Trinajstić information content (AvgIpc) is 1.99. The molecule has 0 saturated heterocycles. The number of Topliss-reactive ketones (excluding diaryl/α,β-unsaturated/α-hetero) is 1. The fraction of sp³-hybridized carbons (Fsp3) is 0.800. The summed E-state index contributed by atoms with van der Waals surface area (Å²) < 4.78 is 4.07. The number of aliphatic hydroxyl groups is 1. The summed E-state index contributed by atoms with van der Waals surface area (Å²) in [4.78, 5) is 23.0. The molecule has 0 amide bonds. The molecule has 1 N–H and O–H groups in total. The first-order valence-electron chi connectivity index (χ1n) is 4.73. The Labute approximate surface area is 94.7 Å². The molecule has 0 radical (unpaired) electrons. The van der Waals surface area contributed by atoms with E-state index in [9.17, 15) is 9.59 Å². The SMILES string of the molecule is C[C@H](O)CC(=O)C(C(=O)OCl)C(C)(C)C. The number of aliphatic hydroxyl groups excluding tert-OH is 1. The predicted octanol–water partition coefficient (Wildman–Crippen LogP) is 1.69. The van der Waals surface area contributed by atoms with Gasteiger partial charge in [0.05, 0.1) is 6.10 Å². The van der Waals surface area contributed by atoms with Crippen molar-refractivity contribution in [3.8, 4) is 0 Å². The lowest BCUT2D eigenvalue weighted by atomic mass is 9.77. The second kappa shape index (κ2) is 5.47. The maximum Gasteiger partial charge on any atom is 0.335 e. The summed E-state index contributed by atoms with van der Waals surface area (Å²) in [7, 11) is 0. The van der Waals surface area contributed by atoms with Crippen LogP contribution >= 0.6 is 11.9 Å². The number of halogens is 1. The van der Waals surface area contributed by atoms with Crippen LogP contribution in [0.3, 0.4) is 0 Å². The van der Waals surface area contributed by atoms with Crippen molar-refractivity contribution in [1.82, 2.24) is 0 Å². The van der Waals surface area contributed by atoms with Crippen LogP contribution in [0.5, 0.6) is 0 Å². The standard InChI is InChI=1S/C10H17ClO4/c1-6(12)5-7(13)8(9(14)15-11)10(2,3)4/h6,8,12H,5H2,1-4H3/t6-,8?/m0/s1. The third kappa shape index (κ3) is 4.62. The van der Waals surface area contributed by atoms with Gasteiger partial charge in [-0.05, 0) is 12.3 Å². The highest BCUT2D eigenvalue weighted by Crippen LogP contribution is 2.29. The molecule has 1 unspecified atom stereocenters. The van der Waals surface area contributed by atoms with Crippen LogP contribution in [0.15, 0.2) is 0 Å². The van der Waals surface area contributed by atoms with Gasteiger partial charge in [0.15, 0.2) is 0 Å². The van der Waals surface area contributed by atoms with Crippen molar-refractivity contribution < 1.29 is 19.0 Å². The lowest BCUT2D eigenvalue weighted by Gasteiger charge is -2.26. The van der Waals surface area contributed by atoms with E-state index in [1.807, 2.05) is 0 Å². The van der Waals surface area contributed by atoms with Crippen LogP contribution in [0, 0.1) is 11.3 Å². The Morgan fingerprint density at radius 2 is 1.87 bits per heavy atom. The highest BCUT2D eigenvalue weighted by atomic mass is 35.5. The smallest absolute Gasteiger partial charge is 0.335 e. The summed E-state index contributed by atoms with van der Waals surface area (Å²) in [6, 6.07) is 0. The molecule has 0 aromatic heterocycles. The fourth-order valence-corrected chi connectivity index (χ4v) is 1.51. The second-order valence-corrected chi connectivity index (χ2v) is 4.87. The van der Waals surface area contributed by atoms with Gasteiger partial charge in [-0.15, -0.1) is 0 Å². The normalized spacial score (nSPS) is 15.6. The zero-order valence-electron chi connectivity index (χ0n) is 9.41. The summed E-state index contributed by atoms with van der Waals surface area (Å²) in [6.07, 6.45) is -0.848. The average molecular weight is 237 g/mol. The van der Waals surface area contributed by atoms with Crippen molar-refractivity contribution >= 4 is 23.6 Å². The number of rotatable bonds is 4. The Balaban J connectivity index is 4.80. The molecule has 0 saturated carbocycles. The van der Waals surface area contributed by atoms with E-state index in [4.69, 9.17) is 17.0 Å². The largest absolute Gasteiger partial charge is 0.393 e. The molecule has 0 aliphatic rings. The molecule has 88 valence electrons. The number of ketones is 1. The zero-order valence-corrected chi connectivity index (χ0v) is 10.2. The molecule has 0 aromatic carbocycles. The van der Waals surface area contributed by atoms with E-state index in [1.54, 1.807) is 20.8 Å². The lowest BCUT2D eigenvalue weighted by molar-refractivity contribution is -0.148. The summed E-state index contributed by atoms with van der Waals surface area (Å²) in [6.45, 7) is 6.71. The van der Waals surface area contributed by atoms with Crippen LogP contribution in [0.1, 0.15) is 34.1 Å². The van der Waals surface area contributed by atoms with Crippen molar-refractivity contribution in [2.45, 2.75) is 40.2 Å². The molecule has 0 heterocycles. The molecule has 0 fully saturated rings. The summed E-state index contributed by atoms with van der Waals surface area (Å²) in [5.41, 5.74) is -0.571. The molecule has 2 atom stereocenters. The summed E-state index contributed by atoms with van der Waals surface area (Å²) in [5.74, 6) is -2.07. The first kappa shape index (κ1) is 14.4. The maximum absolute atomic E-state index is 11.7. The fourth-order valence-electron chi connectivity index (χ4n) is 1.42. The van der Waals surface area contributed by atoms with E-state index >= 15 is 0 Å². The molecule has 0 spiro atoms. The van der Waals surface area contributed by atoms with Gasteiger partial charge in [0.25, 0.3) is 0 Å². The van der Waals surface area contributed by atoms with Gasteiger partial charge >= 0.3 is 5.97 Å². The third-order valence-corrected chi connectivity index (χ3v) is 2.15.